The van der Waals surface area contributed by atoms with Crippen LogP contribution in [0, 0.1) is 11.3 Å². The second-order valence-corrected chi connectivity index (χ2v) is 12.7. The first-order valence-corrected chi connectivity index (χ1v) is 16.8. The van der Waals surface area contributed by atoms with E-state index < -0.39 is 29.7 Å². The molecule has 4 N–H and O–H groups in total. The third kappa shape index (κ3) is 6.91. The highest BCUT2D eigenvalue weighted by Crippen LogP contribution is 2.32. The summed E-state index contributed by atoms with van der Waals surface area (Å²) in [6.07, 6.45) is 6.46. The van der Waals surface area contributed by atoms with Gasteiger partial charge in [0.15, 0.2) is 0 Å². The van der Waals surface area contributed by atoms with Gasteiger partial charge in [0.05, 0.1) is 33.9 Å². The zero-order chi connectivity index (χ0) is 35.5. The number of nitriles is 1. The lowest BCUT2D eigenvalue weighted by Gasteiger charge is -2.30. The van der Waals surface area contributed by atoms with Gasteiger partial charge < -0.3 is 20.7 Å². The fourth-order valence-corrected chi connectivity index (χ4v) is 6.72. The van der Waals surface area contributed by atoms with Gasteiger partial charge in [-0.1, -0.05) is 0 Å². The first-order valence-electron chi connectivity index (χ1n) is 16.8. The minimum atomic E-state index is -1.01. The number of rotatable bonds is 10. The molecule has 0 bridgehead atoms. The maximum absolute atomic E-state index is 13.1. The molecule has 14 heteroatoms. The second kappa shape index (κ2) is 14.2. The number of benzene rings is 2. The van der Waals surface area contributed by atoms with Crippen LogP contribution in [0.1, 0.15) is 75.2 Å². The molecule has 1 unspecified atom stereocenters. The van der Waals surface area contributed by atoms with Gasteiger partial charge in [-0.2, -0.15) is 5.26 Å². The molecule has 1 saturated heterocycles. The van der Waals surface area contributed by atoms with E-state index in [0.717, 1.165) is 36.0 Å². The van der Waals surface area contributed by atoms with Crippen molar-refractivity contribution in [1.29, 1.82) is 5.26 Å². The van der Waals surface area contributed by atoms with E-state index >= 15 is 0 Å². The second-order valence-electron chi connectivity index (χ2n) is 12.7. The molecule has 14 nitrogen and oxygen atoms in total. The summed E-state index contributed by atoms with van der Waals surface area (Å²) >= 11 is 0. The normalized spacial score (nSPS) is 20.0. The van der Waals surface area contributed by atoms with Crippen molar-refractivity contribution in [2.45, 2.75) is 56.7 Å². The molecule has 4 aromatic rings. The van der Waals surface area contributed by atoms with Crippen molar-refractivity contribution in [3.8, 4) is 11.8 Å². The number of pyridine rings is 2. The van der Waals surface area contributed by atoms with Crippen LogP contribution in [0.4, 0.5) is 11.5 Å². The molecule has 51 heavy (non-hydrogen) atoms. The van der Waals surface area contributed by atoms with Crippen molar-refractivity contribution >= 4 is 51.9 Å². The van der Waals surface area contributed by atoms with Crippen molar-refractivity contribution in [1.82, 2.24) is 25.5 Å². The predicted octanol–water partition coefficient (Wildman–Crippen LogP) is 3.55. The molecular formula is C37H34N8O6. The van der Waals surface area contributed by atoms with E-state index in [1.165, 1.54) is 6.20 Å². The molecular weight excluding hydrogens is 652 g/mol. The molecule has 0 spiro atoms. The molecule has 2 fully saturated rings. The lowest BCUT2D eigenvalue weighted by molar-refractivity contribution is -0.136. The first kappa shape index (κ1) is 33.2. The molecule has 1 aliphatic carbocycles. The summed E-state index contributed by atoms with van der Waals surface area (Å²) in [5, 5.41) is 21.9. The van der Waals surface area contributed by atoms with Gasteiger partial charge in [-0.05, 0) is 86.7 Å². The van der Waals surface area contributed by atoms with E-state index in [-0.39, 0.29) is 42.0 Å². The first-order chi connectivity index (χ1) is 24.8. The molecule has 2 aromatic carbocycles. The highest BCUT2D eigenvalue weighted by Gasteiger charge is 2.44. The number of imide groups is 2. The van der Waals surface area contributed by atoms with Crippen LogP contribution in [0.3, 0.4) is 0 Å². The number of anilines is 2. The number of hydrogen-bond acceptors (Lipinski definition) is 11. The zero-order valence-corrected chi connectivity index (χ0v) is 27.5. The van der Waals surface area contributed by atoms with Crippen LogP contribution in [0.25, 0.3) is 10.9 Å². The maximum Gasteiger partial charge on any atom is 0.262 e. The molecule has 1 atom stereocenters. The Balaban J connectivity index is 0.849. The molecule has 7 rings (SSSR count). The average molecular weight is 687 g/mol. The molecule has 2 aliphatic heterocycles. The van der Waals surface area contributed by atoms with Crippen LogP contribution in [0.5, 0.6) is 5.75 Å². The monoisotopic (exact) mass is 686 g/mol. The largest absolute Gasteiger partial charge is 0.490 e. The van der Waals surface area contributed by atoms with Gasteiger partial charge in [0.1, 0.15) is 23.7 Å². The van der Waals surface area contributed by atoms with Crippen molar-refractivity contribution in [2.24, 2.45) is 0 Å². The number of aromatic nitrogens is 2. The van der Waals surface area contributed by atoms with Gasteiger partial charge in [-0.25, -0.2) is 4.98 Å². The molecule has 0 radical (unpaired) electrons. The number of carbonyl (C=O) groups is 5. The van der Waals surface area contributed by atoms with E-state index in [1.807, 2.05) is 18.2 Å². The lowest BCUT2D eigenvalue weighted by atomic mass is 9.92. The number of hydrogen-bond donors (Lipinski definition) is 4. The average Bonchev–Trinajstić information content (AvgIpc) is 3.39. The Morgan fingerprint density at radius 3 is 2.49 bits per heavy atom. The molecule has 4 heterocycles. The summed E-state index contributed by atoms with van der Waals surface area (Å²) in [6, 6.07) is 16.8. The van der Waals surface area contributed by atoms with Gasteiger partial charge >= 0.3 is 0 Å². The summed E-state index contributed by atoms with van der Waals surface area (Å²) in [5.74, 6) is -1.07. The number of nitrogens with zero attached hydrogens (tertiary/aromatic N) is 4. The fraction of sp³-hybridized carbons (Fsp3) is 0.297. The van der Waals surface area contributed by atoms with Crippen LogP contribution >= 0.6 is 0 Å². The Bertz CT molecular complexity index is 2090. The molecule has 1 saturated carbocycles. The van der Waals surface area contributed by atoms with E-state index in [9.17, 15) is 29.2 Å². The molecule has 3 aliphatic rings. The van der Waals surface area contributed by atoms with E-state index in [0.29, 0.717) is 47.0 Å². The fourth-order valence-electron chi connectivity index (χ4n) is 6.72. The van der Waals surface area contributed by atoms with Crippen LogP contribution in [0.2, 0.25) is 0 Å². The highest BCUT2D eigenvalue weighted by atomic mass is 16.5. The molecule has 5 amide bonds. The number of ether oxygens (including phenoxy) is 1. The number of fused-ring (bicyclic) bond motifs is 2. The Labute approximate surface area is 292 Å². The van der Waals surface area contributed by atoms with E-state index in [4.69, 9.17) is 4.74 Å². The Kier molecular flexibility index (Phi) is 9.26. The quantitative estimate of drug-likeness (QED) is 0.141. The van der Waals surface area contributed by atoms with Crippen LogP contribution in [-0.2, 0) is 9.59 Å². The van der Waals surface area contributed by atoms with Gasteiger partial charge in [0.2, 0.25) is 11.8 Å². The SMILES string of the molecule is N#Cc1ccc(OC2CCC(NC(=O)c3ccc(NCCNc4ccc5c(c4)C(=O)N(C4CCC(=O)NC4=O)C5=O)nc3)CC2)c2cccnc12. The Morgan fingerprint density at radius 2 is 1.73 bits per heavy atom. The topological polar surface area (TPSA) is 196 Å². The van der Waals surface area contributed by atoms with Crippen LogP contribution < -0.4 is 26.0 Å². The minimum absolute atomic E-state index is 0.000695. The smallest absolute Gasteiger partial charge is 0.262 e. The number of carbonyl (C=O) groups excluding carboxylic acids is 5. The van der Waals surface area contributed by atoms with Crippen molar-refractivity contribution in [3.05, 3.63) is 89.2 Å². The summed E-state index contributed by atoms with van der Waals surface area (Å²) in [4.78, 5) is 72.4. The number of piperidine rings is 1. The molecule has 258 valence electrons. The van der Waals surface area contributed by atoms with E-state index in [2.05, 4.69) is 37.3 Å². The van der Waals surface area contributed by atoms with Crippen molar-refractivity contribution in [2.75, 3.05) is 23.7 Å². The highest BCUT2D eigenvalue weighted by molar-refractivity contribution is 6.23. The van der Waals surface area contributed by atoms with Gasteiger partial charge in [-0.3, -0.25) is 39.2 Å². The van der Waals surface area contributed by atoms with Crippen LogP contribution in [0.15, 0.2) is 67.0 Å². The van der Waals surface area contributed by atoms with Crippen LogP contribution in [-0.4, -0.2) is 75.7 Å². The van der Waals surface area contributed by atoms with Gasteiger partial charge in [0.25, 0.3) is 17.7 Å². The Morgan fingerprint density at radius 1 is 0.922 bits per heavy atom. The lowest BCUT2D eigenvalue weighted by Crippen LogP contribution is -2.54. The summed E-state index contributed by atoms with van der Waals surface area (Å²) < 4.78 is 6.31. The summed E-state index contributed by atoms with van der Waals surface area (Å²) in [5.41, 5.74) is 2.64. The zero-order valence-electron chi connectivity index (χ0n) is 27.5. The summed E-state index contributed by atoms with van der Waals surface area (Å²) in [7, 11) is 0. The van der Waals surface area contributed by atoms with Gasteiger partial charge in [0, 0.05) is 49.0 Å². The Hall–Kier alpha value is -6.36. The van der Waals surface area contributed by atoms with Gasteiger partial charge in [-0.15, -0.1) is 0 Å². The third-order valence-corrected chi connectivity index (χ3v) is 9.38. The van der Waals surface area contributed by atoms with E-state index in [1.54, 1.807) is 42.6 Å². The van der Waals surface area contributed by atoms with Crippen molar-refractivity contribution in [3.63, 3.8) is 0 Å². The standard InChI is InChI=1S/C37H34N8O6/c38-19-21-3-12-30(27-2-1-15-41-33(21)27)51-25-8-5-23(6-9-25)43-34(47)22-4-13-31(42-20-22)40-17-16-39-24-7-10-26-28(18-24)37(50)45(36(26)49)29-11-14-32(46)44-35(29)48/h1-4,7,10,12-13,15,18,20,23,25,29,39H,5-6,8-9,11,14,16-17H2,(H,40,42)(H,43,47)(H,44,46,48). The molecule has 2 aromatic heterocycles. The minimum Gasteiger partial charge on any atom is -0.490 e. The summed E-state index contributed by atoms with van der Waals surface area (Å²) in [6.45, 7) is 0.942. The number of amides is 5. The van der Waals surface area contributed by atoms with Crippen molar-refractivity contribution < 1.29 is 28.7 Å². The predicted molar refractivity (Wildman–Crippen MR) is 185 cm³/mol. The number of nitrogens with one attached hydrogen (secondary N) is 4. The third-order valence-electron chi connectivity index (χ3n) is 9.38. The maximum atomic E-state index is 13.1.